The highest BCUT2D eigenvalue weighted by atomic mass is 16.5. The number of nitrogens with two attached hydrogens (primary N) is 1. The van der Waals surface area contributed by atoms with E-state index < -0.39 is 0 Å². The van der Waals surface area contributed by atoms with Crippen LogP contribution in [0.4, 0.5) is 11.5 Å². The van der Waals surface area contributed by atoms with Crippen molar-refractivity contribution in [1.82, 2.24) is 4.98 Å². The van der Waals surface area contributed by atoms with Gasteiger partial charge in [-0.15, -0.1) is 0 Å². The number of ether oxygens (including phenoxy) is 1. The fourth-order valence-electron chi connectivity index (χ4n) is 2.41. The standard InChI is InChI=1S/C15H25N3O2/c1-15(2,3)20-14-11(16)7-8-13(18-14)17-9-10-5-4-6-12(10)19/h7-8,10,12,19H,4-6,9,16H2,1-3H3,(H,17,18). The Balaban J connectivity index is 2.00. The van der Waals surface area contributed by atoms with E-state index in [1.165, 1.54) is 0 Å². The number of rotatable bonds is 4. The van der Waals surface area contributed by atoms with Crippen molar-refractivity contribution in [2.24, 2.45) is 5.92 Å². The number of hydrogen-bond donors (Lipinski definition) is 3. The van der Waals surface area contributed by atoms with Crippen LogP contribution < -0.4 is 15.8 Å². The molecule has 0 saturated heterocycles. The minimum absolute atomic E-state index is 0.193. The van der Waals surface area contributed by atoms with Gasteiger partial charge in [0.25, 0.3) is 0 Å². The average molecular weight is 279 g/mol. The van der Waals surface area contributed by atoms with E-state index in [9.17, 15) is 5.11 Å². The number of aliphatic hydroxyl groups excluding tert-OH is 1. The van der Waals surface area contributed by atoms with Crippen LogP contribution >= 0.6 is 0 Å². The van der Waals surface area contributed by atoms with Crippen LogP contribution in [-0.4, -0.2) is 28.3 Å². The summed E-state index contributed by atoms with van der Waals surface area (Å²) >= 11 is 0. The summed E-state index contributed by atoms with van der Waals surface area (Å²) in [5.41, 5.74) is 6.08. The second-order valence-electron chi connectivity index (χ2n) is 6.44. The molecule has 1 aliphatic rings. The molecule has 0 aromatic carbocycles. The Kier molecular flexibility index (Phi) is 4.38. The Labute approximate surface area is 120 Å². The molecule has 0 spiro atoms. The number of aliphatic hydroxyl groups is 1. The van der Waals surface area contributed by atoms with Gasteiger partial charge in [-0.1, -0.05) is 6.42 Å². The van der Waals surface area contributed by atoms with E-state index in [2.05, 4.69) is 10.3 Å². The van der Waals surface area contributed by atoms with Crippen LogP contribution in [0, 0.1) is 5.92 Å². The van der Waals surface area contributed by atoms with Gasteiger partial charge in [0.1, 0.15) is 11.4 Å². The molecule has 1 aromatic rings. The summed E-state index contributed by atoms with van der Waals surface area (Å²) in [6.07, 6.45) is 2.87. The van der Waals surface area contributed by atoms with Crippen molar-refractivity contribution in [2.75, 3.05) is 17.6 Å². The SMILES string of the molecule is CC(C)(C)Oc1nc(NCC2CCCC2O)ccc1N. The first kappa shape index (κ1) is 14.9. The van der Waals surface area contributed by atoms with E-state index in [0.717, 1.165) is 31.6 Å². The highest BCUT2D eigenvalue weighted by Crippen LogP contribution is 2.27. The van der Waals surface area contributed by atoms with Gasteiger partial charge < -0.3 is 20.9 Å². The lowest BCUT2D eigenvalue weighted by atomic mass is 10.1. The van der Waals surface area contributed by atoms with Crippen LogP contribution in [0.1, 0.15) is 40.0 Å². The van der Waals surface area contributed by atoms with Gasteiger partial charge in [0, 0.05) is 12.5 Å². The van der Waals surface area contributed by atoms with E-state index in [1.807, 2.05) is 26.8 Å². The number of hydrogen-bond acceptors (Lipinski definition) is 5. The number of pyridine rings is 1. The van der Waals surface area contributed by atoms with E-state index in [1.54, 1.807) is 6.07 Å². The van der Waals surface area contributed by atoms with Crippen molar-refractivity contribution in [3.05, 3.63) is 12.1 Å². The van der Waals surface area contributed by atoms with Crippen molar-refractivity contribution < 1.29 is 9.84 Å². The zero-order valence-electron chi connectivity index (χ0n) is 12.5. The number of anilines is 2. The first-order valence-electron chi connectivity index (χ1n) is 7.22. The zero-order chi connectivity index (χ0) is 14.8. The van der Waals surface area contributed by atoms with E-state index in [-0.39, 0.29) is 11.7 Å². The smallest absolute Gasteiger partial charge is 0.239 e. The maximum atomic E-state index is 9.81. The molecule has 0 radical (unpaired) electrons. The van der Waals surface area contributed by atoms with Crippen molar-refractivity contribution in [3.63, 3.8) is 0 Å². The average Bonchev–Trinajstić information content (AvgIpc) is 2.74. The predicted octanol–water partition coefficient (Wildman–Crippen LogP) is 2.41. The van der Waals surface area contributed by atoms with Gasteiger partial charge in [0.15, 0.2) is 0 Å². The van der Waals surface area contributed by atoms with E-state index in [0.29, 0.717) is 17.5 Å². The second-order valence-corrected chi connectivity index (χ2v) is 6.44. The molecule has 0 bridgehead atoms. The summed E-state index contributed by atoms with van der Waals surface area (Å²) in [6.45, 7) is 6.61. The Morgan fingerprint density at radius 1 is 1.40 bits per heavy atom. The van der Waals surface area contributed by atoms with E-state index in [4.69, 9.17) is 10.5 Å². The molecule has 1 aliphatic carbocycles. The Morgan fingerprint density at radius 2 is 2.15 bits per heavy atom. The second kappa shape index (κ2) is 5.87. The molecule has 1 heterocycles. The Bertz CT molecular complexity index is 457. The molecule has 5 nitrogen and oxygen atoms in total. The van der Waals surface area contributed by atoms with Crippen LogP contribution in [-0.2, 0) is 0 Å². The van der Waals surface area contributed by atoms with Gasteiger partial charge in [0.05, 0.1) is 11.8 Å². The third-order valence-corrected chi connectivity index (χ3v) is 3.46. The van der Waals surface area contributed by atoms with Crippen LogP contribution in [0.2, 0.25) is 0 Å². The summed E-state index contributed by atoms with van der Waals surface area (Å²) in [5, 5.41) is 13.1. The zero-order valence-corrected chi connectivity index (χ0v) is 12.5. The molecule has 1 fully saturated rings. The van der Waals surface area contributed by atoms with Crippen molar-refractivity contribution in [3.8, 4) is 5.88 Å². The lowest BCUT2D eigenvalue weighted by Crippen LogP contribution is -2.25. The monoisotopic (exact) mass is 279 g/mol. The summed E-state index contributed by atoms with van der Waals surface area (Å²) in [5.74, 6) is 1.49. The first-order valence-corrected chi connectivity index (χ1v) is 7.22. The molecule has 0 amide bonds. The summed E-state index contributed by atoms with van der Waals surface area (Å²) in [4.78, 5) is 4.40. The number of aromatic nitrogens is 1. The Hall–Kier alpha value is -1.49. The fraction of sp³-hybridized carbons (Fsp3) is 0.667. The lowest BCUT2D eigenvalue weighted by molar-refractivity contribution is 0.125. The van der Waals surface area contributed by atoms with Gasteiger partial charge in [-0.05, 0) is 45.7 Å². The molecule has 1 aromatic heterocycles. The van der Waals surface area contributed by atoms with Gasteiger partial charge in [-0.25, -0.2) is 0 Å². The maximum absolute atomic E-state index is 9.81. The van der Waals surface area contributed by atoms with Gasteiger partial charge in [0.2, 0.25) is 5.88 Å². The molecule has 2 rings (SSSR count). The van der Waals surface area contributed by atoms with Crippen LogP contribution in [0.3, 0.4) is 0 Å². The number of nitrogens with one attached hydrogen (secondary N) is 1. The lowest BCUT2D eigenvalue weighted by Gasteiger charge is -2.22. The largest absolute Gasteiger partial charge is 0.470 e. The van der Waals surface area contributed by atoms with Gasteiger partial charge in [-0.3, -0.25) is 0 Å². The fourth-order valence-corrected chi connectivity index (χ4v) is 2.41. The highest BCUT2D eigenvalue weighted by molar-refractivity contribution is 5.53. The van der Waals surface area contributed by atoms with Crippen LogP contribution in [0.25, 0.3) is 0 Å². The van der Waals surface area contributed by atoms with Crippen molar-refractivity contribution in [2.45, 2.75) is 51.7 Å². The molecule has 2 unspecified atom stereocenters. The van der Waals surface area contributed by atoms with E-state index >= 15 is 0 Å². The summed E-state index contributed by atoms with van der Waals surface area (Å²) in [6, 6.07) is 3.63. The maximum Gasteiger partial charge on any atom is 0.239 e. The number of nitrogens with zero attached hydrogens (tertiary/aromatic N) is 1. The quantitative estimate of drug-likeness (QED) is 0.788. The minimum atomic E-state index is -0.332. The predicted molar refractivity (Wildman–Crippen MR) is 80.9 cm³/mol. The topological polar surface area (TPSA) is 80.4 Å². The molecule has 1 saturated carbocycles. The molecule has 20 heavy (non-hydrogen) atoms. The molecule has 2 atom stereocenters. The first-order chi connectivity index (χ1) is 9.35. The minimum Gasteiger partial charge on any atom is -0.470 e. The molecule has 5 heteroatoms. The molecule has 0 aliphatic heterocycles. The van der Waals surface area contributed by atoms with Crippen molar-refractivity contribution >= 4 is 11.5 Å². The molecule has 112 valence electrons. The normalized spacial score (nSPS) is 22.8. The van der Waals surface area contributed by atoms with Gasteiger partial charge >= 0.3 is 0 Å². The molecule has 4 N–H and O–H groups in total. The van der Waals surface area contributed by atoms with Gasteiger partial charge in [-0.2, -0.15) is 4.98 Å². The number of nitrogen functional groups attached to an aromatic ring is 1. The third kappa shape index (κ3) is 4.00. The molecular formula is C15H25N3O2. The summed E-state index contributed by atoms with van der Waals surface area (Å²) in [7, 11) is 0. The summed E-state index contributed by atoms with van der Waals surface area (Å²) < 4.78 is 5.74. The molecular weight excluding hydrogens is 254 g/mol. The highest BCUT2D eigenvalue weighted by Gasteiger charge is 2.25. The third-order valence-electron chi connectivity index (χ3n) is 3.46. The van der Waals surface area contributed by atoms with Crippen molar-refractivity contribution in [1.29, 1.82) is 0 Å². The van der Waals surface area contributed by atoms with Crippen LogP contribution in [0.5, 0.6) is 5.88 Å². The van der Waals surface area contributed by atoms with Crippen LogP contribution in [0.15, 0.2) is 12.1 Å². The Morgan fingerprint density at radius 3 is 2.75 bits per heavy atom.